The van der Waals surface area contributed by atoms with Gasteiger partial charge in [-0.25, -0.2) is 0 Å². The minimum Gasteiger partial charge on any atom is -0.357 e. The van der Waals surface area contributed by atoms with Gasteiger partial charge in [-0.1, -0.05) is 0 Å². The van der Waals surface area contributed by atoms with E-state index < -0.39 is 8.80 Å². The van der Waals surface area contributed by atoms with E-state index in [0.29, 0.717) is 25.9 Å². The van der Waals surface area contributed by atoms with Crippen molar-refractivity contribution < 1.29 is 9.47 Å². The van der Waals surface area contributed by atoms with Crippen LogP contribution < -0.4 is 11.5 Å². The van der Waals surface area contributed by atoms with Crippen LogP contribution >= 0.6 is 0 Å². The minimum atomic E-state index is -1.15. The molecule has 0 aliphatic rings. The van der Waals surface area contributed by atoms with E-state index in [1.54, 1.807) is 0 Å². The lowest BCUT2D eigenvalue weighted by molar-refractivity contribution is -0.0856. The quantitative estimate of drug-likeness (QED) is 0.419. The van der Waals surface area contributed by atoms with Crippen molar-refractivity contribution in [2.24, 2.45) is 11.5 Å². The Morgan fingerprint density at radius 1 is 1.15 bits per heavy atom. The predicted molar refractivity (Wildman–Crippen MR) is 57.1 cm³/mol. The Hall–Kier alpha value is 0.0569. The predicted octanol–water partition coefficient (Wildman–Crippen LogP) is -0.392. The van der Waals surface area contributed by atoms with E-state index in [0.717, 1.165) is 6.04 Å². The van der Waals surface area contributed by atoms with Gasteiger partial charge in [0.25, 0.3) is 0 Å². The van der Waals surface area contributed by atoms with Crippen molar-refractivity contribution in [3.63, 3.8) is 0 Å². The van der Waals surface area contributed by atoms with E-state index in [1.165, 1.54) is 0 Å². The third-order valence-electron chi connectivity index (χ3n) is 1.89. The standard InChI is InChI=1S/C8H22N2O2Si/c1-3-11-8(12-4-2)13(7-10)6-5-9/h8,13H,3-7,9-10H2,1-2H3. The molecule has 5 heteroatoms. The Morgan fingerprint density at radius 3 is 2.00 bits per heavy atom. The first-order chi connectivity index (χ1) is 6.29. The highest BCUT2D eigenvalue weighted by Gasteiger charge is 2.21. The van der Waals surface area contributed by atoms with Crippen LogP contribution in [0, 0.1) is 0 Å². The molecule has 0 amide bonds. The van der Waals surface area contributed by atoms with E-state index in [2.05, 4.69) is 0 Å². The molecule has 0 aromatic carbocycles. The van der Waals surface area contributed by atoms with Gasteiger partial charge in [0.2, 0.25) is 0 Å². The maximum atomic E-state index is 5.67. The summed E-state index contributed by atoms with van der Waals surface area (Å²) in [4.78, 5) is 0. The van der Waals surface area contributed by atoms with Crippen LogP contribution in [0.25, 0.3) is 0 Å². The maximum Gasteiger partial charge on any atom is 0.139 e. The first-order valence-corrected chi connectivity index (χ1v) is 7.23. The van der Waals surface area contributed by atoms with Gasteiger partial charge in [0.05, 0.1) is 0 Å². The zero-order chi connectivity index (χ0) is 10.1. The Morgan fingerprint density at radius 2 is 1.69 bits per heavy atom. The van der Waals surface area contributed by atoms with Crippen LogP contribution in [0.1, 0.15) is 13.8 Å². The molecular formula is C8H22N2O2Si. The van der Waals surface area contributed by atoms with Gasteiger partial charge in [0.1, 0.15) is 14.7 Å². The highest BCUT2D eigenvalue weighted by molar-refractivity contribution is 6.60. The van der Waals surface area contributed by atoms with Crippen LogP contribution in [0.15, 0.2) is 0 Å². The molecule has 0 aliphatic carbocycles. The molecule has 0 saturated heterocycles. The normalized spacial score (nSPS) is 13.6. The molecule has 4 nitrogen and oxygen atoms in total. The van der Waals surface area contributed by atoms with Crippen LogP contribution in [0.4, 0.5) is 0 Å². The van der Waals surface area contributed by atoms with Gasteiger partial charge >= 0.3 is 0 Å². The van der Waals surface area contributed by atoms with Crippen LogP contribution in [0.2, 0.25) is 6.04 Å². The molecule has 0 aromatic heterocycles. The fourth-order valence-corrected chi connectivity index (χ4v) is 3.32. The SMILES string of the molecule is CCOC(OCC)[SiH](CN)CCN. The van der Waals surface area contributed by atoms with Crippen LogP contribution in [0.5, 0.6) is 0 Å². The zero-order valence-corrected chi connectivity index (χ0v) is 9.82. The average Bonchev–Trinajstić information content (AvgIpc) is 2.14. The highest BCUT2D eigenvalue weighted by Crippen LogP contribution is 2.03. The van der Waals surface area contributed by atoms with Gasteiger partial charge in [-0.15, -0.1) is 0 Å². The zero-order valence-electron chi connectivity index (χ0n) is 8.66. The summed E-state index contributed by atoms with van der Waals surface area (Å²) in [6, 6.07) is 0.987. The second-order valence-corrected chi connectivity index (χ2v) is 5.97. The Kier molecular flexibility index (Phi) is 8.68. The van der Waals surface area contributed by atoms with E-state index in [1.807, 2.05) is 13.8 Å². The Bertz CT molecular complexity index is 110. The largest absolute Gasteiger partial charge is 0.357 e. The third-order valence-corrected chi connectivity index (χ3v) is 4.72. The summed E-state index contributed by atoms with van der Waals surface area (Å²) < 4.78 is 11.0. The van der Waals surface area contributed by atoms with Gasteiger partial charge in [0.15, 0.2) is 0 Å². The Balaban J connectivity index is 3.94. The molecule has 4 N–H and O–H groups in total. The molecule has 13 heavy (non-hydrogen) atoms. The average molecular weight is 206 g/mol. The van der Waals surface area contributed by atoms with Crippen molar-refractivity contribution in [2.45, 2.75) is 25.8 Å². The van der Waals surface area contributed by atoms with Crippen molar-refractivity contribution in [2.75, 3.05) is 25.9 Å². The Labute approximate surface area is 82.2 Å². The summed E-state index contributed by atoms with van der Waals surface area (Å²) in [7, 11) is -1.15. The van der Waals surface area contributed by atoms with E-state index in [4.69, 9.17) is 20.9 Å². The molecular weight excluding hydrogens is 184 g/mol. The lowest BCUT2D eigenvalue weighted by atomic mass is 10.8. The molecule has 1 unspecified atom stereocenters. The summed E-state index contributed by atoms with van der Waals surface area (Å²) >= 11 is 0. The number of ether oxygens (including phenoxy) is 2. The molecule has 0 radical (unpaired) electrons. The molecule has 0 heterocycles. The van der Waals surface area contributed by atoms with Gasteiger partial charge in [0, 0.05) is 13.2 Å². The smallest absolute Gasteiger partial charge is 0.139 e. The lowest BCUT2D eigenvalue weighted by Gasteiger charge is -2.23. The monoisotopic (exact) mass is 206 g/mol. The molecule has 0 bridgehead atoms. The molecule has 0 aliphatic heterocycles. The van der Waals surface area contributed by atoms with E-state index >= 15 is 0 Å². The first kappa shape index (κ1) is 13.1. The summed E-state index contributed by atoms with van der Waals surface area (Å²) in [5.74, 6) is -0.0523. The maximum absolute atomic E-state index is 5.67. The van der Waals surface area contributed by atoms with Crippen molar-refractivity contribution in [1.29, 1.82) is 0 Å². The van der Waals surface area contributed by atoms with Crippen molar-refractivity contribution in [3.05, 3.63) is 0 Å². The van der Waals surface area contributed by atoms with Crippen molar-refractivity contribution in [1.82, 2.24) is 0 Å². The fraction of sp³-hybridized carbons (Fsp3) is 1.00. The molecule has 0 fully saturated rings. The van der Waals surface area contributed by atoms with Crippen LogP contribution in [-0.2, 0) is 9.47 Å². The van der Waals surface area contributed by atoms with Gasteiger partial charge in [-0.3, -0.25) is 0 Å². The topological polar surface area (TPSA) is 70.5 Å². The summed E-state index contributed by atoms with van der Waals surface area (Å²) in [5.41, 5.74) is 11.2. The second kappa shape index (κ2) is 8.65. The number of nitrogens with two attached hydrogens (primary N) is 2. The third kappa shape index (κ3) is 5.38. The number of rotatable bonds is 8. The van der Waals surface area contributed by atoms with Gasteiger partial charge < -0.3 is 20.9 Å². The van der Waals surface area contributed by atoms with Crippen molar-refractivity contribution in [3.8, 4) is 0 Å². The van der Waals surface area contributed by atoms with Crippen LogP contribution in [0.3, 0.4) is 0 Å². The highest BCUT2D eigenvalue weighted by atomic mass is 28.3. The molecule has 0 rings (SSSR count). The van der Waals surface area contributed by atoms with Gasteiger partial charge in [-0.05, 0) is 32.6 Å². The summed E-state index contributed by atoms with van der Waals surface area (Å²) in [5, 5.41) is 0. The molecule has 80 valence electrons. The fourth-order valence-electron chi connectivity index (χ4n) is 1.23. The molecule has 0 spiro atoms. The number of hydrogen-bond donors (Lipinski definition) is 2. The lowest BCUT2D eigenvalue weighted by Crippen LogP contribution is -2.43. The first-order valence-electron chi connectivity index (χ1n) is 4.93. The van der Waals surface area contributed by atoms with Crippen molar-refractivity contribution >= 4 is 8.80 Å². The molecule has 0 aromatic rings. The summed E-state index contributed by atoms with van der Waals surface area (Å²) in [6.45, 7) is 5.98. The summed E-state index contributed by atoms with van der Waals surface area (Å²) in [6.07, 6.45) is 0.696. The second-order valence-electron chi connectivity index (χ2n) is 2.85. The molecule has 0 saturated carbocycles. The van der Waals surface area contributed by atoms with Crippen LogP contribution in [-0.4, -0.2) is 40.6 Å². The van der Waals surface area contributed by atoms with E-state index in [9.17, 15) is 0 Å². The van der Waals surface area contributed by atoms with E-state index in [-0.39, 0.29) is 5.91 Å². The molecule has 1 atom stereocenters. The van der Waals surface area contributed by atoms with Gasteiger partial charge in [-0.2, -0.15) is 0 Å². The minimum absolute atomic E-state index is 0.0523. The number of hydrogen-bond acceptors (Lipinski definition) is 4.